The summed E-state index contributed by atoms with van der Waals surface area (Å²) in [4.78, 5) is 37.7. The van der Waals surface area contributed by atoms with Crippen molar-refractivity contribution < 1.29 is 14.4 Å². The Labute approximate surface area is 145 Å². The lowest BCUT2D eigenvalue weighted by Crippen LogP contribution is -2.40. The fourth-order valence-electron chi connectivity index (χ4n) is 3.52. The third-order valence-corrected chi connectivity index (χ3v) is 4.83. The molecule has 2 aliphatic rings. The fourth-order valence-corrected chi connectivity index (χ4v) is 3.52. The van der Waals surface area contributed by atoms with Crippen molar-refractivity contribution in [2.45, 2.75) is 25.8 Å². The molecule has 4 rings (SSSR count). The first-order chi connectivity index (χ1) is 12.1. The molecule has 0 saturated heterocycles. The van der Waals surface area contributed by atoms with Gasteiger partial charge in [-0.2, -0.15) is 0 Å². The molecule has 2 aromatic carbocycles. The average Bonchev–Trinajstić information content (AvgIpc) is 3.19. The van der Waals surface area contributed by atoms with E-state index in [1.165, 1.54) is 17.5 Å². The van der Waals surface area contributed by atoms with E-state index in [9.17, 15) is 14.4 Å². The molecule has 0 aromatic heterocycles. The molecule has 0 fully saturated rings. The molecule has 5 nitrogen and oxygen atoms in total. The van der Waals surface area contributed by atoms with Gasteiger partial charge >= 0.3 is 0 Å². The number of hydrogen-bond donors (Lipinski definition) is 1. The summed E-state index contributed by atoms with van der Waals surface area (Å²) in [7, 11) is 0. The second-order valence-electron chi connectivity index (χ2n) is 6.48. The Hall–Kier alpha value is -2.95. The lowest BCUT2D eigenvalue weighted by atomic mass is 10.1. The smallest absolute Gasteiger partial charge is 0.262 e. The Balaban J connectivity index is 1.38. The first-order valence-corrected chi connectivity index (χ1v) is 8.46. The average molecular weight is 334 g/mol. The summed E-state index contributed by atoms with van der Waals surface area (Å²) in [6, 6.07) is 12.9. The maximum absolute atomic E-state index is 12.3. The third kappa shape index (κ3) is 2.82. The molecule has 0 unspecified atom stereocenters. The molecule has 126 valence electrons. The maximum atomic E-state index is 12.3. The Kier molecular flexibility index (Phi) is 3.84. The predicted octanol–water partition coefficient (Wildman–Crippen LogP) is 2.09. The largest absolute Gasteiger partial charge is 0.350 e. The van der Waals surface area contributed by atoms with E-state index < -0.39 is 11.8 Å². The summed E-state index contributed by atoms with van der Waals surface area (Å²) in [5.41, 5.74) is 4.50. The van der Waals surface area contributed by atoms with Gasteiger partial charge in [0.05, 0.1) is 11.1 Å². The first-order valence-electron chi connectivity index (χ1n) is 8.46. The number of imide groups is 1. The number of fused-ring (bicyclic) bond motifs is 2. The summed E-state index contributed by atoms with van der Waals surface area (Å²) in [5, 5.41) is 2.80. The topological polar surface area (TPSA) is 66.5 Å². The van der Waals surface area contributed by atoms with E-state index in [0.29, 0.717) is 17.7 Å². The van der Waals surface area contributed by atoms with Crippen LogP contribution in [0.5, 0.6) is 0 Å². The standard InChI is InChI=1S/C20H18N2O3/c23-18(21-11-13-8-9-14-4-3-5-15(14)10-13)12-22-19(24)16-6-1-2-7-17(16)20(22)25/h1-2,6-10H,3-5,11-12H2,(H,21,23). The highest BCUT2D eigenvalue weighted by molar-refractivity contribution is 6.22. The Morgan fingerprint density at radius 1 is 0.960 bits per heavy atom. The van der Waals surface area contributed by atoms with Crippen LogP contribution >= 0.6 is 0 Å². The van der Waals surface area contributed by atoms with Crippen molar-refractivity contribution in [2.24, 2.45) is 0 Å². The summed E-state index contributed by atoms with van der Waals surface area (Å²) in [6.07, 6.45) is 3.40. The SMILES string of the molecule is O=C(CN1C(=O)c2ccccc2C1=O)NCc1ccc2c(c1)CCC2. The van der Waals surface area contributed by atoms with Crippen molar-refractivity contribution >= 4 is 17.7 Å². The molecule has 0 saturated carbocycles. The highest BCUT2D eigenvalue weighted by atomic mass is 16.2. The monoisotopic (exact) mass is 334 g/mol. The summed E-state index contributed by atoms with van der Waals surface area (Å²) < 4.78 is 0. The number of benzene rings is 2. The second kappa shape index (κ2) is 6.16. The number of hydrogen-bond acceptors (Lipinski definition) is 3. The van der Waals surface area contributed by atoms with Gasteiger partial charge in [-0.25, -0.2) is 0 Å². The number of rotatable bonds is 4. The van der Waals surface area contributed by atoms with Gasteiger partial charge in [-0.05, 0) is 48.1 Å². The van der Waals surface area contributed by atoms with E-state index in [0.717, 1.165) is 23.3 Å². The van der Waals surface area contributed by atoms with Crippen LogP contribution in [0.4, 0.5) is 0 Å². The minimum Gasteiger partial charge on any atom is -0.350 e. The zero-order chi connectivity index (χ0) is 17.4. The molecule has 1 N–H and O–H groups in total. The molecule has 1 aliphatic heterocycles. The third-order valence-electron chi connectivity index (χ3n) is 4.83. The molecular formula is C20H18N2O3. The van der Waals surface area contributed by atoms with E-state index in [4.69, 9.17) is 0 Å². The van der Waals surface area contributed by atoms with Crippen molar-refractivity contribution in [1.29, 1.82) is 0 Å². The highest BCUT2D eigenvalue weighted by Gasteiger charge is 2.36. The number of carbonyl (C=O) groups excluding carboxylic acids is 3. The zero-order valence-electron chi connectivity index (χ0n) is 13.7. The number of nitrogens with zero attached hydrogens (tertiary/aromatic N) is 1. The maximum Gasteiger partial charge on any atom is 0.262 e. The van der Waals surface area contributed by atoms with Crippen molar-refractivity contribution in [3.05, 3.63) is 70.3 Å². The molecule has 2 aromatic rings. The molecular weight excluding hydrogens is 316 g/mol. The molecule has 25 heavy (non-hydrogen) atoms. The van der Waals surface area contributed by atoms with Crippen LogP contribution in [-0.2, 0) is 24.2 Å². The van der Waals surface area contributed by atoms with Gasteiger partial charge in [0.15, 0.2) is 0 Å². The normalized spacial score (nSPS) is 15.3. The summed E-state index contributed by atoms with van der Waals surface area (Å²) in [6.45, 7) is 0.145. The Morgan fingerprint density at radius 2 is 1.64 bits per heavy atom. The highest BCUT2D eigenvalue weighted by Crippen LogP contribution is 2.23. The number of nitrogens with one attached hydrogen (secondary N) is 1. The van der Waals surface area contributed by atoms with Crippen LogP contribution in [0.2, 0.25) is 0 Å². The quantitative estimate of drug-likeness (QED) is 0.871. The molecule has 5 heteroatoms. The van der Waals surface area contributed by atoms with Crippen LogP contribution in [0, 0.1) is 0 Å². The number of amides is 3. The Morgan fingerprint density at radius 3 is 2.36 bits per heavy atom. The van der Waals surface area contributed by atoms with Gasteiger partial charge in [-0.15, -0.1) is 0 Å². The van der Waals surface area contributed by atoms with Gasteiger partial charge in [-0.3, -0.25) is 19.3 Å². The summed E-state index contributed by atoms with van der Waals surface area (Å²) >= 11 is 0. The molecule has 0 bridgehead atoms. The van der Waals surface area contributed by atoms with Crippen molar-refractivity contribution in [2.75, 3.05) is 6.54 Å². The zero-order valence-corrected chi connectivity index (χ0v) is 13.7. The lowest BCUT2D eigenvalue weighted by Gasteiger charge is -2.14. The number of aryl methyl sites for hydroxylation is 2. The van der Waals surface area contributed by atoms with Gasteiger partial charge in [0, 0.05) is 6.54 Å². The first kappa shape index (κ1) is 15.6. The van der Waals surface area contributed by atoms with E-state index in [-0.39, 0.29) is 12.5 Å². The van der Waals surface area contributed by atoms with E-state index >= 15 is 0 Å². The minimum absolute atomic E-state index is 0.253. The van der Waals surface area contributed by atoms with Crippen LogP contribution in [0.25, 0.3) is 0 Å². The van der Waals surface area contributed by atoms with Crippen LogP contribution in [0.15, 0.2) is 42.5 Å². The van der Waals surface area contributed by atoms with E-state index in [1.54, 1.807) is 24.3 Å². The van der Waals surface area contributed by atoms with Gasteiger partial charge < -0.3 is 5.32 Å². The molecule has 0 atom stereocenters. The molecule has 0 radical (unpaired) electrons. The number of carbonyl (C=O) groups is 3. The minimum atomic E-state index is -0.409. The van der Waals surface area contributed by atoms with Crippen molar-refractivity contribution in [1.82, 2.24) is 10.2 Å². The van der Waals surface area contributed by atoms with E-state index in [1.807, 2.05) is 6.07 Å². The molecule has 1 heterocycles. The fraction of sp³-hybridized carbons (Fsp3) is 0.250. The predicted molar refractivity (Wildman–Crippen MR) is 92.1 cm³/mol. The molecule has 1 aliphatic carbocycles. The van der Waals surface area contributed by atoms with Crippen LogP contribution in [0.3, 0.4) is 0 Å². The summed E-state index contributed by atoms with van der Waals surface area (Å²) in [5.74, 6) is -1.16. The molecule has 0 spiro atoms. The van der Waals surface area contributed by atoms with Gasteiger partial charge in [0.25, 0.3) is 11.8 Å². The van der Waals surface area contributed by atoms with Crippen LogP contribution in [0.1, 0.15) is 43.8 Å². The van der Waals surface area contributed by atoms with Crippen molar-refractivity contribution in [3.63, 3.8) is 0 Å². The van der Waals surface area contributed by atoms with Crippen molar-refractivity contribution in [3.8, 4) is 0 Å². The van der Waals surface area contributed by atoms with Crippen LogP contribution < -0.4 is 5.32 Å². The van der Waals surface area contributed by atoms with Gasteiger partial charge in [-0.1, -0.05) is 30.3 Å². The van der Waals surface area contributed by atoms with Crippen LogP contribution in [-0.4, -0.2) is 29.2 Å². The van der Waals surface area contributed by atoms with Gasteiger partial charge in [0.1, 0.15) is 6.54 Å². The lowest BCUT2D eigenvalue weighted by molar-refractivity contribution is -0.121. The van der Waals surface area contributed by atoms with E-state index in [2.05, 4.69) is 17.4 Å². The van der Waals surface area contributed by atoms with Gasteiger partial charge in [0.2, 0.25) is 5.91 Å². The second-order valence-corrected chi connectivity index (χ2v) is 6.48. The Bertz CT molecular complexity index is 853. The molecule has 3 amide bonds.